The summed E-state index contributed by atoms with van der Waals surface area (Å²) in [5, 5.41) is 14.3. The largest absolute Gasteiger partial charge is 0.493 e. The highest BCUT2D eigenvalue weighted by Crippen LogP contribution is 2.26. The Hall–Kier alpha value is -3.42. The van der Waals surface area contributed by atoms with Crippen molar-refractivity contribution in [2.45, 2.75) is 0 Å². The number of oxime groups is 1. The summed E-state index contributed by atoms with van der Waals surface area (Å²) in [7, 11) is 3.02. The number of hydrogen-bond donors (Lipinski definition) is 0. The smallest absolute Gasteiger partial charge is 0.365 e. The summed E-state index contributed by atoms with van der Waals surface area (Å²) in [6, 6.07) is 10.2. The van der Waals surface area contributed by atoms with Gasteiger partial charge < -0.3 is 14.3 Å². The summed E-state index contributed by atoms with van der Waals surface area (Å²) in [5.74, 6) is 0.269. The number of rotatable bonds is 6. The summed E-state index contributed by atoms with van der Waals surface area (Å²) in [6.45, 7) is 0. The Morgan fingerprint density at radius 1 is 1.12 bits per heavy atom. The molecule has 2 rings (SSSR count). The molecule has 0 N–H and O–H groups in total. The van der Waals surface area contributed by atoms with E-state index < -0.39 is 10.9 Å². The highest BCUT2D eigenvalue weighted by molar-refractivity contribution is 5.90. The van der Waals surface area contributed by atoms with Gasteiger partial charge in [0, 0.05) is 17.7 Å². The third-order valence-corrected chi connectivity index (χ3v) is 3.04. The molecule has 0 aliphatic carbocycles. The van der Waals surface area contributed by atoms with E-state index in [0.29, 0.717) is 17.1 Å². The number of carbonyl (C=O) groups excluding carboxylic acids is 1. The minimum absolute atomic E-state index is 0.0358. The molecule has 8 heteroatoms. The van der Waals surface area contributed by atoms with Gasteiger partial charge in [-0.3, -0.25) is 10.1 Å². The van der Waals surface area contributed by atoms with Gasteiger partial charge in [-0.25, -0.2) is 4.79 Å². The number of nitro benzene ring substituents is 1. The first-order valence-electron chi connectivity index (χ1n) is 6.76. The zero-order valence-electron chi connectivity index (χ0n) is 13.0. The van der Waals surface area contributed by atoms with Crippen molar-refractivity contribution in [3.8, 4) is 11.5 Å². The molecule has 0 amide bonds. The molecule has 0 bridgehead atoms. The van der Waals surface area contributed by atoms with Gasteiger partial charge in [-0.1, -0.05) is 11.2 Å². The van der Waals surface area contributed by atoms with E-state index in [1.165, 1.54) is 38.6 Å². The molecule has 2 aromatic rings. The predicted molar refractivity (Wildman–Crippen MR) is 85.7 cm³/mol. The van der Waals surface area contributed by atoms with Crippen LogP contribution in [0.3, 0.4) is 0 Å². The van der Waals surface area contributed by atoms with Gasteiger partial charge in [0.15, 0.2) is 11.5 Å². The van der Waals surface area contributed by atoms with E-state index >= 15 is 0 Å². The Balaban J connectivity index is 2.07. The Morgan fingerprint density at radius 2 is 1.88 bits per heavy atom. The highest BCUT2D eigenvalue weighted by Gasteiger charge is 2.12. The van der Waals surface area contributed by atoms with Crippen LogP contribution in [0.5, 0.6) is 11.5 Å². The summed E-state index contributed by atoms with van der Waals surface area (Å²) in [5.41, 5.74) is 0.460. The predicted octanol–water partition coefficient (Wildman–Crippen LogP) is 2.80. The lowest BCUT2D eigenvalue weighted by Crippen LogP contribution is -2.02. The van der Waals surface area contributed by atoms with Crippen molar-refractivity contribution in [3.63, 3.8) is 0 Å². The number of nitrogens with zero attached hydrogens (tertiary/aromatic N) is 2. The van der Waals surface area contributed by atoms with E-state index in [0.717, 1.165) is 6.07 Å². The molecule has 0 saturated carbocycles. The molecule has 8 nitrogen and oxygen atoms in total. The van der Waals surface area contributed by atoms with Crippen LogP contribution in [0.4, 0.5) is 5.69 Å². The molecule has 2 aromatic carbocycles. The molecule has 0 aliphatic rings. The Labute approximate surface area is 137 Å². The first-order valence-corrected chi connectivity index (χ1v) is 6.76. The van der Waals surface area contributed by atoms with Crippen LogP contribution in [0.2, 0.25) is 0 Å². The van der Waals surface area contributed by atoms with Crippen molar-refractivity contribution in [2.24, 2.45) is 5.16 Å². The SMILES string of the molecule is COc1ccc(C=NOC(=O)c2cccc([N+](=O)[O-])c2)cc1OC. The quantitative estimate of drug-likeness (QED) is 0.349. The zero-order chi connectivity index (χ0) is 17.5. The fourth-order valence-corrected chi connectivity index (χ4v) is 1.87. The van der Waals surface area contributed by atoms with Crippen molar-refractivity contribution in [1.29, 1.82) is 0 Å². The average molecular weight is 330 g/mol. The van der Waals surface area contributed by atoms with Crippen molar-refractivity contribution in [3.05, 3.63) is 63.7 Å². The van der Waals surface area contributed by atoms with Crippen LogP contribution in [0.1, 0.15) is 15.9 Å². The fourth-order valence-electron chi connectivity index (χ4n) is 1.87. The van der Waals surface area contributed by atoms with Crippen LogP contribution in [0, 0.1) is 10.1 Å². The van der Waals surface area contributed by atoms with Gasteiger partial charge in [0.1, 0.15) is 0 Å². The Kier molecular flexibility index (Phi) is 5.45. The van der Waals surface area contributed by atoms with Gasteiger partial charge >= 0.3 is 5.97 Å². The summed E-state index contributed by atoms with van der Waals surface area (Å²) >= 11 is 0. The van der Waals surface area contributed by atoms with Crippen LogP contribution in [0.15, 0.2) is 47.6 Å². The molecule has 0 atom stereocenters. The van der Waals surface area contributed by atoms with Crippen molar-refractivity contribution < 1.29 is 24.0 Å². The first-order chi connectivity index (χ1) is 11.5. The van der Waals surface area contributed by atoms with Crippen LogP contribution in [0.25, 0.3) is 0 Å². The number of nitro groups is 1. The maximum atomic E-state index is 11.8. The van der Waals surface area contributed by atoms with Gasteiger partial charge in [0.05, 0.1) is 30.9 Å². The minimum Gasteiger partial charge on any atom is -0.493 e. The average Bonchev–Trinajstić information content (AvgIpc) is 2.61. The van der Waals surface area contributed by atoms with Crippen LogP contribution >= 0.6 is 0 Å². The summed E-state index contributed by atoms with van der Waals surface area (Å²) in [6.07, 6.45) is 1.32. The number of non-ortho nitro benzene ring substituents is 1. The molecule has 0 heterocycles. The third kappa shape index (κ3) is 4.07. The van der Waals surface area contributed by atoms with Crippen molar-refractivity contribution >= 4 is 17.9 Å². The van der Waals surface area contributed by atoms with Crippen molar-refractivity contribution in [1.82, 2.24) is 0 Å². The molecular weight excluding hydrogens is 316 g/mol. The molecule has 0 aliphatic heterocycles. The normalized spacial score (nSPS) is 10.4. The molecule has 0 spiro atoms. The molecule has 0 aromatic heterocycles. The Bertz CT molecular complexity index is 788. The molecule has 24 heavy (non-hydrogen) atoms. The number of carbonyl (C=O) groups is 1. The van der Waals surface area contributed by atoms with Crippen LogP contribution < -0.4 is 9.47 Å². The van der Waals surface area contributed by atoms with Gasteiger partial charge in [-0.15, -0.1) is 0 Å². The number of hydrogen-bond acceptors (Lipinski definition) is 7. The van der Waals surface area contributed by atoms with Gasteiger partial charge in [-0.05, 0) is 24.3 Å². The van der Waals surface area contributed by atoms with Crippen molar-refractivity contribution in [2.75, 3.05) is 14.2 Å². The van der Waals surface area contributed by atoms with Crippen LogP contribution in [-0.2, 0) is 4.84 Å². The third-order valence-electron chi connectivity index (χ3n) is 3.04. The number of methoxy groups -OCH3 is 2. The molecule has 124 valence electrons. The molecule has 0 unspecified atom stereocenters. The monoisotopic (exact) mass is 330 g/mol. The zero-order valence-corrected chi connectivity index (χ0v) is 13.0. The van der Waals surface area contributed by atoms with Crippen LogP contribution in [-0.4, -0.2) is 31.3 Å². The maximum Gasteiger partial charge on any atom is 0.365 e. The topological polar surface area (TPSA) is 100 Å². The number of ether oxygens (including phenoxy) is 2. The standard InChI is InChI=1S/C16H14N2O6/c1-22-14-7-6-11(8-15(14)23-2)10-17-24-16(19)12-4-3-5-13(9-12)18(20)21/h3-10H,1-2H3. The lowest BCUT2D eigenvalue weighted by molar-refractivity contribution is -0.384. The lowest BCUT2D eigenvalue weighted by Gasteiger charge is -2.07. The first kappa shape index (κ1) is 16.9. The second-order valence-corrected chi connectivity index (χ2v) is 4.54. The molecule has 0 radical (unpaired) electrons. The van der Waals surface area contributed by atoms with E-state index in [1.54, 1.807) is 18.2 Å². The van der Waals surface area contributed by atoms with E-state index in [-0.39, 0.29) is 11.3 Å². The van der Waals surface area contributed by atoms with Gasteiger partial charge in [0.25, 0.3) is 5.69 Å². The summed E-state index contributed by atoms with van der Waals surface area (Å²) in [4.78, 5) is 26.7. The second-order valence-electron chi connectivity index (χ2n) is 4.54. The summed E-state index contributed by atoms with van der Waals surface area (Å²) < 4.78 is 10.3. The molecule has 0 saturated heterocycles. The minimum atomic E-state index is -0.796. The lowest BCUT2D eigenvalue weighted by atomic mass is 10.2. The molecule has 0 fully saturated rings. The maximum absolute atomic E-state index is 11.8. The van der Waals surface area contributed by atoms with Gasteiger partial charge in [-0.2, -0.15) is 0 Å². The van der Waals surface area contributed by atoms with E-state index in [2.05, 4.69) is 5.16 Å². The Morgan fingerprint density at radius 3 is 2.54 bits per heavy atom. The fraction of sp³-hybridized carbons (Fsp3) is 0.125. The number of benzene rings is 2. The van der Waals surface area contributed by atoms with E-state index in [9.17, 15) is 14.9 Å². The van der Waals surface area contributed by atoms with E-state index in [1.807, 2.05) is 0 Å². The van der Waals surface area contributed by atoms with Gasteiger partial charge in [0.2, 0.25) is 0 Å². The molecular formula is C16H14N2O6. The second kappa shape index (κ2) is 7.73. The highest BCUT2D eigenvalue weighted by atomic mass is 16.7. The van der Waals surface area contributed by atoms with E-state index in [4.69, 9.17) is 14.3 Å².